The number of halogens is 1. The fourth-order valence-corrected chi connectivity index (χ4v) is 3.40. The molecule has 150 valence electrons. The molecule has 29 heavy (non-hydrogen) atoms. The Balaban J connectivity index is 1.46. The summed E-state index contributed by atoms with van der Waals surface area (Å²) in [7, 11) is 0. The monoisotopic (exact) mass is 395 g/mol. The molecule has 2 fully saturated rings. The van der Waals surface area contributed by atoms with Crippen molar-refractivity contribution in [2.75, 3.05) is 16.8 Å². The summed E-state index contributed by atoms with van der Waals surface area (Å²) < 4.78 is 13.9. The molecule has 1 unspecified atom stereocenters. The number of nitrogens with zero attached hydrogens (tertiary/aromatic N) is 1. The summed E-state index contributed by atoms with van der Waals surface area (Å²) in [5.74, 6) is -1.75. The summed E-state index contributed by atoms with van der Waals surface area (Å²) in [6.45, 7) is 1.82. The molecule has 2 aliphatic rings. The summed E-state index contributed by atoms with van der Waals surface area (Å²) in [6.07, 6.45) is 1.98. The molecule has 0 spiro atoms. The first kappa shape index (κ1) is 19.1. The van der Waals surface area contributed by atoms with E-state index in [9.17, 15) is 18.8 Å². The number of rotatable bonds is 5. The zero-order valence-electron chi connectivity index (χ0n) is 16.1. The van der Waals surface area contributed by atoms with Gasteiger partial charge in [-0.3, -0.25) is 14.4 Å². The Bertz CT molecular complexity index is 987. The highest BCUT2D eigenvalue weighted by atomic mass is 19.1. The third kappa shape index (κ3) is 4.13. The van der Waals surface area contributed by atoms with E-state index in [-0.39, 0.29) is 42.5 Å². The van der Waals surface area contributed by atoms with Crippen LogP contribution in [0.25, 0.3) is 0 Å². The standard InChI is InChI=1S/C22H22FN3O3/c1-13-6-9-16(11-18(13)23)26-12-14(10-20(26)27)21(28)25-19-5-3-2-4-17(19)22(29)24-15-7-8-15/h2-6,9,11,14-15H,7-8,10,12H2,1H3,(H,24,29)(H,25,28). The quantitative estimate of drug-likeness (QED) is 0.817. The molecule has 1 heterocycles. The van der Waals surface area contributed by atoms with Crippen LogP contribution in [-0.2, 0) is 9.59 Å². The Morgan fingerprint density at radius 1 is 1.14 bits per heavy atom. The number of hydrogen-bond donors (Lipinski definition) is 2. The first-order chi connectivity index (χ1) is 13.9. The van der Waals surface area contributed by atoms with E-state index < -0.39 is 5.92 Å². The van der Waals surface area contributed by atoms with E-state index in [1.807, 2.05) is 0 Å². The second-order valence-electron chi connectivity index (χ2n) is 7.62. The average molecular weight is 395 g/mol. The first-order valence-corrected chi connectivity index (χ1v) is 9.69. The molecule has 6 nitrogen and oxygen atoms in total. The molecule has 0 bridgehead atoms. The van der Waals surface area contributed by atoms with Crippen molar-refractivity contribution >= 4 is 29.1 Å². The molecule has 3 amide bonds. The van der Waals surface area contributed by atoms with Crippen LogP contribution in [0.2, 0.25) is 0 Å². The van der Waals surface area contributed by atoms with E-state index in [2.05, 4.69) is 10.6 Å². The minimum Gasteiger partial charge on any atom is -0.349 e. The highest BCUT2D eigenvalue weighted by molar-refractivity contribution is 6.07. The van der Waals surface area contributed by atoms with Crippen LogP contribution in [0.5, 0.6) is 0 Å². The van der Waals surface area contributed by atoms with Gasteiger partial charge in [-0.2, -0.15) is 0 Å². The van der Waals surface area contributed by atoms with Crippen LogP contribution in [-0.4, -0.2) is 30.3 Å². The maximum absolute atomic E-state index is 13.9. The number of carbonyl (C=O) groups excluding carboxylic acids is 3. The van der Waals surface area contributed by atoms with Gasteiger partial charge in [-0.15, -0.1) is 0 Å². The van der Waals surface area contributed by atoms with Crippen LogP contribution < -0.4 is 15.5 Å². The van der Waals surface area contributed by atoms with Gasteiger partial charge in [-0.25, -0.2) is 4.39 Å². The molecule has 2 aromatic carbocycles. The van der Waals surface area contributed by atoms with Crippen LogP contribution in [0, 0.1) is 18.7 Å². The average Bonchev–Trinajstić information content (AvgIpc) is 3.43. The summed E-state index contributed by atoms with van der Waals surface area (Å²) in [5, 5.41) is 5.70. The number of aryl methyl sites for hydroxylation is 1. The topological polar surface area (TPSA) is 78.5 Å². The molecule has 0 radical (unpaired) electrons. The van der Waals surface area contributed by atoms with Crippen molar-refractivity contribution < 1.29 is 18.8 Å². The Morgan fingerprint density at radius 3 is 2.62 bits per heavy atom. The summed E-state index contributed by atoms with van der Waals surface area (Å²) in [5.41, 5.74) is 1.76. The number of benzene rings is 2. The molecule has 1 saturated heterocycles. The van der Waals surface area contributed by atoms with Crippen molar-refractivity contribution in [3.8, 4) is 0 Å². The summed E-state index contributed by atoms with van der Waals surface area (Å²) in [4.78, 5) is 39.0. The van der Waals surface area contributed by atoms with Crippen molar-refractivity contribution in [1.82, 2.24) is 5.32 Å². The molecule has 1 aliphatic heterocycles. The van der Waals surface area contributed by atoms with Crippen LogP contribution in [0.3, 0.4) is 0 Å². The van der Waals surface area contributed by atoms with Gasteiger partial charge < -0.3 is 15.5 Å². The lowest BCUT2D eigenvalue weighted by atomic mass is 10.1. The zero-order chi connectivity index (χ0) is 20.5. The van der Waals surface area contributed by atoms with Gasteiger partial charge in [0.1, 0.15) is 5.82 Å². The lowest BCUT2D eigenvalue weighted by Crippen LogP contribution is -2.30. The molecule has 1 saturated carbocycles. The second-order valence-corrected chi connectivity index (χ2v) is 7.62. The molecule has 2 aromatic rings. The molecular formula is C22H22FN3O3. The largest absolute Gasteiger partial charge is 0.349 e. The first-order valence-electron chi connectivity index (χ1n) is 9.69. The summed E-state index contributed by atoms with van der Waals surface area (Å²) in [6, 6.07) is 11.6. The van der Waals surface area contributed by atoms with E-state index in [4.69, 9.17) is 0 Å². The molecule has 1 aliphatic carbocycles. The maximum atomic E-state index is 13.9. The fraction of sp³-hybridized carbons (Fsp3) is 0.318. The van der Waals surface area contributed by atoms with Crippen molar-refractivity contribution in [2.45, 2.75) is 32.2 Å². The van der Waals surface area contributed by atoms with Gasteiger partial charge in [0.2, 0.25) is 11.8 Å². The third-order valence-corrected chi connectivity index (χ3v) is 5.31. The maximum Gasteiger partial charge on any atom is 0.253 e. The van der Waals surface area contributed by atoms with Crippen LogP contribution in [0.15, 0.2) is 42.5 Å². The zero-order valence-corrected chi connectivity index (χ0v) is 16.1. The van der Waals surface area contributed by atoms with Crippen molar-refractivity contribution in [3.05, 3.63) is 59.4 Å². The highest BCUT2D eigenvalue weighted by Crippen LogP contribution is 2.28. The second kappa shape index (κ2) is 7.66. The predicted molar refractivity (Wildman–Crippen MR) is 107 cm³/mol. The van der Waals surface area contributed by atoms with E-state index >= 15 is 0 Å². The number of anilines is 2. The Hall–Kier alpha value is -3.22. The van der Waals surface area contributed by atoms with Gasteiger partial charge in [-0.1, -0.05) is 18.2 Å². The van der Waals surface area contributed by atoms with Crippen LogP contribution >= 0.6 is 0 Å². The minimum atomic E-state index is -0.577. The Kier molecular flexibility index (Phi) is 5.05. The predicted octanol–water partition coefficient (Wildman–Crippen LogP) is 3.02. The molecular weight excluding hydrogens is 373 g/mol. The number of nitrogens with one attached hydrogen (secondary N) is 2. The Morgan fingerprint density at radius 2 is 1.90 bits per heavy atom. The molecule has 2 N–H and O–H groups in total. The van der Waals surface area contributed by atoms with Gasteiger partial charge in [0.25, 0.3) is 5.91 Å². The van der Waals surface area contributed by atoms with Gasteiger partial charge in [0.15, 0.2) is 0 Å². The SMILES string of the molecule is Cc1ccc(N2CC(C(=O)Nc3ccccc3C(=O)NC3CC3)CC2=O)cc1F. The Labute approximate surface area is 168 Å². The number of para-hydroxylation sites is 1. The van der Waals surface area contributed by atoms with E-state index in [0.717, 1.165) is 12.8 Å². The van der Waals surface area contributed by atoms with Gasteiger partial charge >= 0.3 is 0 Å². The molecule has 4 rings (SSSR count). The number of amides is 3. The molecule has 1 atom stereocenters. The van der Waals surface area contributed by atoms with Crippen LogP contribution in [0.1, 0.15) is 35.2 Å². The van der Waals surface area contributed by atoms with E-state index in [1.165, 1.54) is 11.0 Å². The fourth-order valence-electron chi connectivity index (χ4n) is 3.40. The molecule has 0 aromatic heterocycles. The lowest BCUT2D eigenvalue weighted by Gasteiger charge is -2.17. The van der Waals surface area contributed by atoms with Gasteiger partial charge in [0.05, 0.1) is 17.2 Å². The normalized spacial score (nSPS) is 18.6. The van der Waals surface area contributed by atoms with Crippen molar-refractivity contribution in [2.24, 2.45) is 5.92 Å². The van der Waals surface area contributed by atoms with Crippen molar-refractivity contribution in [3.63, 3.8) is 0 Å². The van der Waals surface area contributed by atoms with Gasteiger partial charge in [-0.05, 0) is 49.6 Å². The lowest BCUT2D eigenvalue weighted by molar-refractivity contribution is -0.122. The highest BCUT2D eigenvalue weighted by Gasteiger charge is 2.36. The third-order valence-electron chi connectivity index (χ3n) is 5.31. The minimum absolute atomic E-state index is 0.0395. The number of carbonyl (C=O) groups is 3. The summed E-state index contributed by atoms with van der Waals surface area (Å²) >= 11 is 0. The van der Waals surface area contributed by atoms with E-state index in [0.29, 0.717) is 22.5 Å². The van der Waals surface area contributed by atoms with Gasteiger partial charge in [0, 0.05) is 24.7 Å². The van der Waals surface area contributed by atoms with Crippen molar-refractivity contribution in [1.29, 1.82) is 0 Å². The van der Waals surface area contributed by atoms with E-state index in [1.54, 1.807) is 43.3 Å². The number of hydrogen-bond acceptors (Lipinski definition) is 3. The smallest absolute Gasteiger partial charge is 0.253 e. The molecule has 7 heteroatoms. The van der Waals surface area contributed by atoms with Crippen LogP contribution in [0.4, 0.5) is 15.8 Å².